The molecule has 1 fully saturated rings. The average molecular weight is 566 g/mol. The van der Waals surface area contributed by atoms with Gasteiger partial charge in [-0.25, -0.2) is 15.0 Å². The van der Waals surface area contributed by atoms with Gasteiger partial charge in [-0.15, -0.1) is 0 Å². The highest BCUT2D eigenvalue weighted by Crippen LogP contribution is 2.37. The summed E-state index contributed by atoms with van der Waals surface area (Å²) < 4.78 is 41.1. The summed E-state index contributed by atoms with van der Waals surface area (Å²) in [5.74, 6) is 1.37. The zero-order valence-electron chi connectivity index (χ0n) is 20.4. The number of nitrogens with one attached hydrogen (secondary N) is 1. The van der Waals surface area contributed by atoms with E-state index in [9.17, 15) is 18.0 Å². The van der Waals surface area contributed by atoms with Gasteiger partial charge in [0, 0.05) is 25.3 Å². The fourth-order valence-corrected chi connectivity index (χ4v) is 4.43. The largest absolute Gasteiger partial charge is 0.416 e. The maximum Gasteiger partial charge on any atom is 0.416 e. The summed E-state index contributed by atoms with van der Waals surface area (Å²) in [7, 11) is 1.00. The van der Waals surface area contributed by atoms with Crippen molar-refractivity contribution < 1.29 is 23.1 Å². The Morgan fingerprint density at radius 3 is 2.34 bits per heavy atom. The topological polar surface area (TPSA) is 92.9 Å². The van der Waals surface area contributed by atoms with Crippen LogP contribution in [0, 0.1) is 5.92 Å². The van der Waals surface area contributed by atoms with E-state index in [1.807, 2.05) is 11.5 Å². The van der Waals surface area contributed by atoms with Crippen molar-refractivity contribution in [1.29, 1.82) is 0 Å². The number of halogens is 5. The van der Waals surface area contributed by atoms with Gasteiger partial charge in [0.25, 0.3) is 0 Å². The molecule has 0 saturated heterocycles. The van der Waals surface area contributed by atoms with Crippen molar-refractivity contribution in [3.8, 4) is 11.4 Å². The van der Waals surface area contributed by atoms with Gasteiger partial charge in [0.2, 0.25) is 0 Å². The first-order valence-corrected chi connectivity index (χ1v) is 12.5. The van der Waals surface area contributed by atoms with Crippen molar-refractivity contribution in [2.45, 2.75) is 38.5 Å². The molecular formula is C26H24Cl2F3N5O2. The van der Waals surface area contributed by atoms with Crippen LogP contribution in [0.1, 0.15) is 41.5 Å². The summed E-state index contributed by atoms with van der Waals surface area (Å²) in [6.45, 7) is 2.23. The van der Waals surface area contributed by atoms with E-state index in [1.165, 1.54) is 12.1 Å². The van der Waals surface area contributed by atoms with Gasteiger partial charge in [-0.05, 0) is 61.6 Å². The Morgan fingerprint density at radius 1 is 1.08 bits per heavy atom. The van der Waals surface area contributed by atoms with Gasteiger partial charge in [-0.1, -0.05) is 35.3 Å². The molecule has 2 heterocycles. The number of aldehydes is 1. The minimum absolute atomic E-state index is 0.0205. The lowest BCUT2D eigenvalue weighted by Gasteiger charge is -2.17. The van der Waals surface area contributed by atoms with Crippen LogP contribution in [0.5, 0.6) is 0 Å². The van der Waals surface area contributed by atoms with E-state index in [-0.39, 0.29) is 24.1 Å². The fourth-order valence-electron chi connectivity index (χ4n) is 4.13. The third-order valence-electron chi connectivity index (χ3n) is 6.22. The van der Waals surface area contributed by atoms with Crippen molar-refractivity contribution >= 4 is 46.5 Å². The summed E-state index contributed by atoms with van der Waals surface area (Å²) in [5.41, 5.74) is 1.33. The molecule has 12 heteroatoms. The number of rotatable bonds is 7. The van der Waals surface area contributed by atoms with E-state index in [1.54, 1.807) is 18.2 Å². The number of imidazole rings is 1. The van der Waals surface area contributed by atoms with Gasteiger partial charge >= 0.3 is 6.18 Å². The van der Waals surface area contributed by atoms with E-state index < -0.39 is 11.7 Å². The highest BCUT2D eigenvalue weighted by molar-refractivity contribution is 6.42. The van der Waals surface area contributed by atoms with Crippen LogP contribution in [-0.2, 0) is 12.7 Å². The van der Waals surface area contributed by atoms with Crippen LogP contribution in [0.25, 0.3) is 22.6 Å². The number of benzene rings is 2. The molecule has 0 aliphatic heterocycles. The normalized spacial score (nSPS) is 14.1. The summed E-state index contributed by atoms with van der Waals surface area (Å²) in [5, 5.41) is 11.1. The highest BCUT2D eigenvalue weighted by Gasteiger charge is 2.31. The summed E-state index contributed by atoms with van der Waals surface area (Å²) >= 11 is 12.4. The summed E-state index contributed by atoms with van der Waals surface area (Å²) in [6, 6.07) is 10.1. The van der Waals surface area contributed by atoms with Crippen molar-refractivity contribution in [3.05, 3.63) is 69.5 Å². The van der Waals surface area contributed by atoms with Crippen LogP contribution in [-0.4, -0.2) is 44.1 Å². The highest BCUT2D eigenvalue weighted by atomic mass is 35.5. The van der Waals surface area contributed by atoms with Crippen molar-refractivity contribution in [1.82, 2.24) is 19.5 Å². The second-order valence-electron chi connectivity index (χ2n) is 8.84. The van der Waals surface area contributed by atoms with Crippen LogP contribution in [0.3, 0.4) is 0 Å². The molecule has 1 atom stereocenters. The molecule has 0 unspecified atom stereocenters. The lowest BCUT2D eigenvalue weighted by molar-refractivity contribution is -0.137. The Kier molecular flexibility index (Phi) is 8.25. The second-order valence-corrected chi connectivity index (χ2v) is 9.65. The van der Waals surface area contributed by atoms with Crippen molar-refractivity contribution in [2.75, 3.05) is 12.4 Å². The third kappa shape index (κ3) is 5.92. The molecule has 2 aromatic carbocycles. The van der Waals surface area contributed by atoms with Gasteiger partial charge in [0.1, 0.15) is 11.3 Å². The minimum atomic E-state index is -4.43. The lowest BCUT2D eigenvalue weighted by Crippen LogP contribution is -2.20. The summed E-state index contributed by atoms with van der Waals surface area (Å²) in [4.78, 5) is 25.0. The zero-order chi connectivity index (χ0) is 27.6. The minimum Gasteiger partial charge on any atom is -0.400 e. The Labute approximate surface area is 226 Å². The first kappa shape index (κ1) is 27.8. The van der Waals surface area contributed by atoms with Crippen molar-refractivity contribution in [3.63, 3.8) is 0 Å². The quantitative estimate of drug-likeness (QED) is 0.248. The Morgan fingerprint density at radius 2 is 1.76 bits per heavy atom. The number of hydrogen-bond donors (Lipinski definition) is 2. The van der Waals surface area contributed by atoms with E-state index in [4.69, 9.17) is 28.3 Å². The number of fused-ring (bicyclic) bond motifs is 1. The number of alkyl halides is 3. The molecule has 2 aromatic heterocycles. The zero-order valence-corrected chi connectivity index (χ0v) is 21.9. The number of anilines is 1. The van der Waals surface area contributed by atoms with Crippen molar-refractivity contribution in [2.24, 2.45) is 5.92 Å². The maximum atomic E-state index is 13.1. The Hall–Kier alpha value is -3.21. The number of aliphatic hydroxyl groups excluding tert-OH is 1. The molecule has 5 rings (SSSR count). The van der Waals surface area contributed by atoms with Gasteiger partial charge < -0.3 is 15.0 Å². The van der Waals surface area contributed by atoms with Gasteiger partial charge in [0.15, 0.2) is 23.6 Å². The van der Waals surface area contributed by atoms with E-state index in [0.717, 1.165) is 32.1 Å². The van der Waals surface area contributed by atoms with Crippen LogP contribution in [0.2, 0.25) is 10.0 Å². The molecule has 7 nitrogen and oxygen atoms in total. The molecule has 0 bridgehead atoms. The SMILES string of the molecule is CO.C[C@@H](Nc1nc(C=O)nc2nc(-c3ccc(Cl)c(Cl)c3)n(Cc3ccc(C(F)(F)F)cc3)c12)C1CC1. The first-order valence-electron chi connectivity index (χ1n) is 11.7. The molecule has 200 valence electrons. The molecule has 4 aromatic rings. The Balaban J connectivity index is 0.00000164. The molecule has 1 aliphatic carbocycles. The smallest absolute Gasteiger partial charge is 0.400 e. The standard InChI is InChI=1S/C25H20Cl2F3N5O.CH4O/c1-13(15-4-5-15)31-22-21-23(33-20(12-36)32-22)34-24(16-6-9-18(26)19(27)10-16)35(21)11-14-2-7-17(8-3-14)25(28,29)30;1-2/h2-3,6-10,12-13,15H,4-5,11H2,1H3,(H,31,32,33);2H,1H3/t13-;/m1./s1. The molecule has 1 aliphatic rings. The summed E-state index contributed by atoms with van der Waals surface area (Å²) in [6.07, 6.45) is -1.68. The second kappa shape index (κ2) is 11.3. The molecule has 38 heavy (non-hydrogen) atoms. The number of hydrogen-bond acceptors (Lipinski definition) is 6. The third-order valence-corrected chi connectivity index (χ3v) is 6.96. The lowest BCUT2D eigenvalue weighted by atomic mass is 10.1. The van der Waals surface area contributed by atoms with Gasteiger partial charge in [-0.2, -0.15) is 13.2 Å². The fraction of sp³-hybridized carbons (Fsp3) is 0.308. The first-order chi connectivity index (χ1) is 18.1. The predicted molar refractivity (Wildman–Crippen MR) is 141 cm³/mol. The predicted octanol–water partition coefficient (Wildman–Crippen LogP) is 6.50. The van der Waals surface area contributed by atoms with Crippen LogP contribution >= 0.6 is 23.2 Å². The molecule has 0 spiro atoms. The average Bonchev–Trinajstić information content (AvgIpc) is 3.69. The van der Waals surface area contributed by atoms with E-state index in [0.29, 0.717) is 50.5 Å². The number of aromatic nitrogens is 4. The monoisotopic (exact) mass is 565 g/mol. The molecular weight excluding hydrogens is 542 g/mol. The van der Waals surface area contributed by atoms with Gasteiger partial charge in [-0.3, -0.25) is 4.79 Å². The van der Waals surface area contributed by atoms with Crippen LogP contribution < -0.4 is 5.32 Å². The number of carbonyl (C=O) groups excluding carboxylic acids is 1. The van der Waals surface area contributed by atoms with Crippen LogP contribution in [0.15, 0.2) is 42.5 Å². The number of nitrogens with zero attached hydrogens (tertiary/aromatic N) is 4. The molecule has 0 amide bonds. The molecule has 2 N–H and O–H groups in total. The van der Waals surface area contributed by atoms with Gasteiger partial charge in [0.05, 0.1) is 15.6 Å². The van der Waals surface area contributed by atoms with E-state index in [2.05, 4.69) is 20.3 Å². The number of carbonyl (C=O) groups is 1. The van der Waals surface area contributed by atoms with E-state index >= 15 is 0 Å². The molecule has 0 radical (unpaired) electrons. The number of aliphatic hydroxyl groups is 1. The maximum absolute atomic E-state index is 13.1. The van der Waals surface area contributed by atoms with Crippen LogP contribution in [0.4, 0.5) is 19.0 Å². The molecule has 1 saturated carbocycles. The Bertz CT molecular complexity index is 1450.